The van der Waals surface area contributed by atoms with Crippen LogP contribution in [0, 0.1) is 11.8 Å². The van der Waals surface area contributed by atoms with Crippen LogP contribution >= 0.6 is 15.6 Å². The minimum atomic E-state index is -4.89. The number of ketones is 1. The van der Waals surface area contributed by atoms with Crippen LogP contribution in [0.2, 0.25) is 0 Å². The van der Waals surface area contributed by atoms with Crippen LogP contribution in [0.15, 0.2) is 36.5 Å². The molecule has 5 N–H and O–H groups in total. The molecule has 0 aromatic carbocycles. The smallest absolute Gasteiger partial charge is 0.462 e. The molecule has 0 aliphatic heterocycles. The minimum absolute atomic E-state index is 0.0110. The molecule has 17 heteroatoms. The fourth-order valence-electron chi connectivity index (χ4n) is 6.69. The van der Waals surface area contributed by atoms with E-state index in [1.54, 1.807) is 18.2 Å². The average molecular weight is 909 g/mol. The second-order valence-electron chi connectivity index (χ2n) is 16.0. The summed E-state index contributed by atoms with van der Waals surface area (Å²) in [6.07, 6.45) is 30.5. The molecule has 15 nitrogen and oxygen atoms in total. The Morgan fingerprint density at radius 2 is 1.23 bits per heavy atom. The van der Waals surface area contributed by atoms with Crippen LogP contribution in [0.4, 0.5) is 0 Å². The molecular formula is C44H78O15P2. The van der Waals surface area contributed by atoms with Gasteiger partial charge in [0.05, 0.1) is 25.9 Å². The third kappa shape index (κ3) is 33.2. The van der Waals surface area contributed by atoms with Crippen molar-refractivity contribution in [1.82, 2.24) is 0 Å². The highest BCUT2D eigenvalue weighted by Crippen LogP contribution is 2.44. The molecule has 6 atom stereocenters. The Bertz CT molecular complexity index is 1360. The van der Waals surface area contributed by atoms with Crippen molar-refractivity contribution in [3.63, 3.8) is 0 Å². The van der Waals surface area contributed by atoms with E-state index in [-0.39, 0.29) is 30.5 Å². The lowest BCUT2D eigenvalue weighted by Gasteiger charge is -2.20. The summed E-state index contributed by atoms with van der Waals surface area (Å²) in [7, 11) is -9.74. The standard InChI is InChI=1S/C44H78O15P2/c1-3-5-7-8-9-10-11-12-13-14-15-16-17-18-24-28-44(49)59-40(36-58-61(53,54)57-34-39(46)33-56-60(50,51)52)35-55-43(48)27-23-20-19-22-25-37-29-32-42(47)41(37)31-30-38(45)26-21-6-4-2/h19,22,29-32,37-41,45-46H,3-18,20-21,23-28,33-36H2,1-2H3,(H,53,54)(H2,50,51,52)/b22-19-,31-30+/t37-,38-,39-,40+,41+/m0/s1. The first-order valence-electron chi connectivity index (χ1n) is 22.7. The number of hydrogen-bond donors (Lipinski definition) is 5. The first-order chi connectivity index (χ1) is 29.2. The van der Waals surface area contributed by atoms with Gasteiger partial charge in [-0.25, -0.2) is 9.13 Å². The van der Waals surface area contributed by atoms with Crippen molar-refractivity contribution in [2.45, 2.75) is 186 Å². The van der Waals surface area contributed by atoms with Crippen LogP contribution in [0.25, 0.3) is 0 Å². The summed E-state index contributed by atoms with van der Waals surface area (Å²) >= 11 is 0. The number of phosphoric acid groups is 2. The summed E-state index contributed by atoms with van der Waals surface area (Å²) in [5.41, 5.74) is 0. The van der Waals surface area contributed by atoms with Crippen LogP contribution in [-0.2, 0) is 46.6 Å². The lowest BCUT2D eigenvalue weighted by molar-refractivity contribution is -0.161. The van der Waals surface area contributed by atoms with Gasteiger partial charge in [0.1, 0.15) is 12.7 Å². The molecule has 354 valence electrons. The molecule has 0 bridgehead atoms. The normalized spacial score (nSPS) is 18.2. The Hall–Kier alpha value is -2.03. The van der Waals surface area contributed by atoms with Crippen LogP contribution in [0.3, 0.4) is 0 Å². The molecule has 0 saturated heterocycles. The number of phosphoric ester groups is 2. The van der Waals surface area contributed by atoms with E-state index in [9.17, 15) is 38.6 Å². The Morgan fingerprint density at radius 3 is 1.84 bits per heavy atom. The molecule has 1 aliphatic carbocycles. The number of carbonyl (C=O) groups is 3. The van der Waals surface area contributed by atoms with Crippen molar-refractivity contribution in [2.24, 2.45) is 11.8 Å². The third-order valence-corrected chi connectivity index (χ3v) is 11.7. The van der Waals surface area contributed by atoms with Crippen LogP contribution in [-0.4, -0.2) is 87.4 Å². The van der Waals surface area contributed by atoms with Gasteiger partial charge in [0.15, 0.2) is 11.9 Å². The highest BCUT2D eigenvalue weighted by molar-refractivity contribution is 7.47. The van der Waals surface area contributed by atoms with E-state index in [4.69, 9.17) is 23.8 Å². The van der Waals surface area contributed by atoms with Gasteiger partial charge in [-0.15, -0.1) is 0 Å². The zero-order chi connectivity index (χ0) is 45.2. The fourth-order valence-corrected chi connectivity index (χ4v) is 7.85. The molecule has 0 saturated carbocycles. The van der Waals surface area contributed by atoms with E-state index in [0.29, 0.717) is 32.1 Å². The first kappa shape index (κ1) is 57.0. The maximum Gasteiger partial charge on any atom is 0.472 e. The molecule has 0 aromatic heterocycles. The van der Waals surface area contributed by atoms with Gasteiger partial charge in [0.2, 0.25) is 0 Å². The van der Waals surface area contributed by atoms with Crippen LogP contribution < -0.4 is 0 Å². The lowest BCUT2D eigenvalue weighted by atomic mass is 9.90. The summed E-state index contributed by atoms with van der Waals surface area (Å²) in [6, 6.07) is 0. The van der Waals surface area contributed by atoms with Crippen LogP contribution in [0.1, 0.15) is 168 Å². The van der Waals surface area contributed by atoms with E-state index in [2.05, 4.69) is 22.9 Å². The zero-order valence-corrected chi connectivity index (χ0v) is 38.7. The second-order valence-corrected chi connectivity index (χ2v) is 18.7. The highest BCUT2D eigenvalue weighted by Gasteiger charge is 2.29. The molecule has 0 aromatic rings. The topological polar surface area (TPSA) is 233 Å². The van der Waals surface area contributed by atoms with E-state index < -0.39 is 72.3 Å². The Labute approximate surface area is 364 Å². The number of ether oxygens (including phenoxy) is 2. The van der Waals surface area contributed by atoms with E-state index in [1.165, 1.54) is 64.2 Å². The van der Waals surface area contributed by atoms with Gasteiger partial charge in [0.25, 0.3) is 0 Å². The monoisotopic (exact) mass is 908 g/mol. The molecular weight excluding hydrogens is 830 g/mol. The quantitative estimate of drug-likeness (QED) is 0.0167. The lowest BCUT2D eigenvalue weighted by Crippen LogP contribution is -2.30. The summed E-state index contributed by atoms with van der Waals surface area (Å²) < 4.78 is 47.8. The summed E-state index contributed by atoms with van der Waals surface area (Å²) in [5.74, 6) is -1.50. The van der Waals surface area contributed by atoms with Gasteiger partial charge in [-0.1, -0.05) is 153 Å². The predicted octanol–water partition coefficient (Wildman–Crippen LogP) is 9.29. The van der Waals surface area contributed by atoms with E-state index >= 15 is 0 Å². The molecule has 1 rings (SSSR count). The highest BCUT2D eigenvalue weighted by atomic mass is 31.2. The molecule has 61 heavy (non-hydrogen) atoms. The van der Waals surface area contributed by atoms with Crippen molar-refractivity contribution in [3.8, 4) is 0 Å². The molecule has 0 spiro atoms. The van der Waals surface area contributed by atoms with Gasteiger partial charge in [-0.05, 0) is 44.1 Å². The summed E-state index contributed by atoms with van der Waals surface area (Å²) in [5, 5.41) is 20.0. The molecule has 0 heterocycles. The largest absolute Gasteiger partial charge is 0.472 e. The number of allylic oxidation sites excluding steroid dienone is 5. The van der Waals surface area contributed by atoms with Crippen molar-refractivity contribution in [3.05, 3.63) is 36.5 Å². The number of aliphatic hydroxyl groups excluding tert-OH is 2. The van der Waals surface area contributed by atoms with Gasteiger partial charge in [-0.2, -0.15) is 0 Å². The molecule has 1 aliphatic rings. The number of esters is 2. The Kier molecular flexibility index (Phi) is 33.0. The van der Waals surface area contributed by atoms with Gasteiger partial charge >= 0.3 is 27.6 Å². The molecule has 0 radical (unpaired) electrons. The number of rotatable bonds is 40. The zero-order valence-electron chi connectivity index (χ0n) is 36.9. The Balaban J connectivity index is 2.51. The van der Waals surface area contributed by atoms with Crippen molar-refractivity contribution in [2.75, 3.05) is 26.4 Å². The minimum Gasteiger partial charge on any atom is -0.462 e. The molecule has 0 amide bonds. The third-order valence-electron chi connectivity index (χ3n) is 10.3. The Morgan fingerprint density at radius 1 is 0.689 bits per heavy atom. The SMILES string of the molecule is CCCCCCCCCCCCCCCCCC(=O)O[C@H](COC(=O)CCC/C=C\C[C@H]1C=CC(=O)[C@@H]1/C=C/[C@@H](O)CCCCC)COP(=O)(O)OC[C@@H](O)COP(=O)(O)O. The van der Waals surface area contributed by atoms with E-state index in [0.717, 1.165) is 44.9 Å². The summed E-state index contributed by atoms with van der Waals surface area (Å²) in [4.78, 5) is 65.3. The van der Waals surface area contributed by atoms with Gasteiger partial charge in [-0.3, -0.25) is 28.0 Å². The average Bonchev–Trinajstić information content (AvgIpc) is 3.57. The maximum absolute atomic E-state index is 12.7. The number of aliphatic hydroxyl groups is 2. The maximum atomic E-state index is 12.7. The molecule has 0 fully saturated rings. The van der Waals surface area contributed by atoms with Gasteiger partial charge in [0, 0.05) is 18.8 Å². The van der Waals surface area contributed by atoms with Crippen molar-refractivity contribution in [1.29, 1.82) is 0 Å². The van der Waals surface area contributed by atoms with Crippen molar-refractivity contribution < 1.29 is 71.5 Å². The first-order valence-corrected chi connectivity index (χ1v) is 25.8. The number of hydrogen-bond acceptors (Lipinski definition) is 12. The fraction of sp³-hybridized carbons (Fsp3) is 0.795. The van der Waals surface area contributed by atoms with Crippen LogP contribution in [0.5, 0.6) is 0 Å². The molecule has 1 unspecified atom stereocenters. The van der Waals surface area contributed by atoms with E-state index in [1.807, 2.05) is 18.2 Å². The van der Waals surface area contributed by atoms with Gasteiger partial charge < -0.3 is 34.4 Å². The van der Waals surface area contributed by atoms with Crippen molar-refractivity contribution >= 4 is 33.4 Å². The number of carbonyl (C=O) groups excluding carboxylic acids is 3. The number of unbranched alkanes of at least 4 members (excludes halogenated alkanes) is 17. The predicted molar refractivity (Wildman–Crippen MR) is 234 cm³/mol. The second kappa shape index (κ2) is 35.3. The summed E-state index contributed by atoms with van der Waals surface area (Å²) in [6.45, 7) is 1.45.